The van der Waals surface area contributed by atoms with E-state index in [1.165, 1.54) is 6.33 Å². The van der Waals surface area contributed by atoms with E-state index < -0.39 is 0 Å². The van der Waals surface area contributed by atoms with Gasteiger partial charge >= 0.3 is 0 Å². The van der Waals surface area contributed by atoms with Gasteiger partial charge in [0, 0.05) is 24.4 Å². The summed E-state index contributed by atoms with van der Waals surface area (Å²) in [6.45, 7) is 6.80. The van der Waals surface area contributed by atoms with Crippen LogP contribution >= 0.6 is 0 Å². The van der Waals surface area contributed by atoms with Crippen molar-refractivity contribution in [2.75, 3.05) is 6.54 Å². The van der Waals surface area contributed by atoms with Crippen molar-refractivity contribution in [1.82, 2.24) is 24.9 Å². The zero-order valence-corrected chi connectivity index (χ0v) is 12.3. The Balaban J connectivity index is 2.04. The van der Waals surface area contributed by atoms with Crippen molar-refractivity contribution in [2.45, 2.75) is 46.5 Å². The predicted octanol–water partition coefficient (Wildman–Crippen LogP) is 1.59. The van der Waals surface area contributed by atoms with Crippen LogP contribution in [0.25, 0.3) is 5.78 Å². The number of hydrogen-bond acceptors (Lipinski definition) is 4. The van der Waals surface area contributed by atoms with Crippen molar-refractivity contribution < 1.29 is 4.79 Å². The number of amides is 1. The molecule has 0 spiro atoms. The zero-order chi connectivity index (χ0) is 14.5. The topological polar surface area (TPSA) is 72.2 Å². The van der Waals surface area contributed by atoms with E-state index in [9.17, 15) is 4.79 Å². The van der Waals surface area contributed by atoms with Gasteiger partial charge in [-0.3, -0.25) is 4.79 Å². The third-order valence-electron chi connectivity index (χ3n) is 3.44. The lowest BCUT2D eigenvalue weighted by Gasteiger charge is -2.10. The van der Waals surface area contributed by atoms with Gasteiger partial charge in [0.15, 0.2) is 0 Å². The van der Waals surface area contributed by atoms with Crippen molar-refractivity contribution in [3.05, 3.63) is 23.3 Å². The van der Waals surface area contributed by atoms with E-state index in [1.54, 1.807) is 4.52 Å². The van der Waals surface area contributed by atoms with Crippen LogP contribution in [0, 0.1) is 13.8 Å². The first-order valence-electron chi connectivity index (χ1n) is 7.06. The fraction of sp³-hybridized carbons (Fsp3) is 0.571. The van der Waals surface area contributed by atoms with Crippen LogP contribution in [-0.2, 0) is 11.2 Å². The molecule has 20 heavy (non-hydrogen) atoms. The highest BCUT2D eigenvalue weighted by Gasteiger charge is 2.12. The quantitative estimate of drug-likeness (QED) is 0.813. The van der Waals surface area contributed by atoms with Crippen molar-refractivity contribution in [3.63, 3.8) is 0 Å². The summed E-state index contributed by atoms with van der Waals surface area (Å²) in [6, 6.07) is 0. The molecule has 2 rings (SSSR count). The average Bonchev–Trinajstić information content (AvgIpc) is 2.87. The van der Waals surface area contributed by atoms with E-state index in [0.29, 0.717) is 18.6 Å². The molecule has 0 saturated carbocycles. The molecule has 0 fully saturated rings. The number of fused-ring (bicyclic) bond motifs is 1. The van der Waals surface area contributed by atoms with Crippen LogP contribution in [0.1, 0.15) is 43.1 Å². The molecule has 0 bridgehead atoms. The Morgan fingerprint density at radius 1 is 1.40 bits per heavy atom. The number of carbonyl (C=O) groups is 1. The van der Waals surface area contributed by atoms with Crippen LogP contribution in [0.2, 0.25) is 0 Å². The maximum atomic E-state index is 11.8. The third-order valence-corrected chi connectivity index (χ3v) is 3.44. The summed E-state index contributed by atoms with van der Waals surface area (Å²) in [5.74, 6) is 0.701. The molecular weight excluding hydrogens is 254 g/mol. The summed E-state index contributed by atoms with van der Waals surface area (Å²) in [5.41, 5.74) is 3.00. The molecule has 0 aromatic carbocycles. The molecule has 0 aliphatic heterocycles. The largest absolute Gasteiger partial charge is 0.356 e. The number of carbonyl (C=O) groups excluding carboxylic acids is 1. The van der Waals surface area contributed by atoms with Crippen molar-refractivity contribution in [1.29, 1.82) is 0 Å². The number of nitrogens with zero attached hydrogens (tertiary/aromatic N) is 4. The van der Waals surface area contributed by atoms with Gasteiger partial charge in [-0.25, -0.2) is 9.50 Å². The number of nitrogens with one attached hydrogen (secondary N) is 1. The summed E-state index contributed by atoms with van der Waals surface area (Å²) < 4.78 is 1.72. The van der Waals surface area contributed by atoms with Gasteiger partial charge in [0.2, 0.25) is 5.91 Å². The molecular formula is C14H21N5O. The van der Waals surface area contributed by atoms with Crippen LogP contribution in [0.4, 0.5) is 0 Å². The van der Waals surface area contributed by atoms with Crippen molar-refractivity contribution in [3.8, 4) is 0 Å². The number of aryl methyl sites for hydroxylation is 2. The monoisotopic (exact) mass is 275 g/mol. The standard InChI is InChI=1S/C14H21N5O/c1-4-5-8-15-13(20)7-6-12-10(2)18-14-16-9-17-19(14)11(12)3/h9H,4-8H2,1-3H3,(H,15,20). The number of rotatable bonds is 6. The second-order valence-corrected chi connectivity index (χ2v) is 4.94. The molecule has 0 unspecified atom stereocenters. The Kier molecular flexibility index (Phi) is 4.65. The summed E-state index contributed by atoms with van der Waals surface area (Å²) in [7, 11) is 0. The molecule has 1 N–H and O–H groups in total. The Labute approximate surface area is 118 Å². The first-order chi connectivity index (χ1) is 9.63. The first kappa shape index (κ1) is 14.4. The normalized spacial score (nSPS) is 10.9. The zero-order valence-electron chi connectivity index (χ0n) is 12.3. The lowest BCUT2D eigenvalue weighted by molar-refractivity contribution is -0.121. The van der Waals surface area contributed by atoms with Gasteiger partial charge in [0.1, 0.15) is 6.33 Å². The van der Waals surface area contributed by atoms with Gasteiger partial charge in [-0.15, -0.1) is 0 Å². The minimum Gasteiger partial charge on any atom is -0.356 e. The number of unbranched alkanes of at least 4 members (excludes halogenated alkanes) is 1. The van der Waals surface area contributed by atoms with E-state index in [4.69, 9.17) is 0 Å². The third kappa shape index (κ3) is 3.12. The lowest BCUT2D eigenvalue weighted by atomic mass is 10.1. The lowest BCUT2D eigenvalue weighted by Crippen LogP contribution is -2.24. The minimum absolute atomic E-state index is 0.0935. The Hall–Kier alpha value is -1.98. The second-order valence-electron chi connectivity index (χ2n) is 4.94. The molecule has 2 aromatic rings. The van der Waals surface area contributed by atoms with E-state index in [0.717, 1.165) is 36.3 Å². The van der Waals surface area contributed by atoms with E-state index >= 15 is 0 Å². The van der Waals surface area contributed by atoms with Gasteiger partial charge in [0.25, 0.3) is 5.78 Å². The van der Waals surface area contributed by atoms with Crippen LogP contribution in [0.15, 0.2) is 6.33 Å². The van der Waals surface area contributed by atoms with Crippen molar-refractivity contribution in [2.24, 2.45) is 0 Å². The van der Waals surface area contributed by atoms with E-state index in [-0.39, 0.29) is 5.91 Å². The molecule has 108 valence electrons. The highest BCUT2D eigenvalue weighted by Crippen LogP contribution is 2.14. The Morgan fingerprint density at radius 3 is 2.95 bits per heavy atom. The molecule has 0 saturated heterocycles. The van der Waals surface area contributed by atoms with Gasteiger partial charge < -0.3 is 5.32 Å². The smallest absolute Gasteiger partial charge is 0.252 e. The van der Waals surface area contributed by atoms with Crippen LogP contribution in [0.5, 0.6) is 0 Å². The maximum absolute atomic E-state index is 11.8. The highest BCUT2D eigenvalue weighted by molar-refractivity contribution is 5.76. The number of aromatic nitrogens is 4. The Bertz CT molecular complexity index is 605. The van der Waals surface area contributed by atoms with Gasteiger partial charge in [-0.1, -0.05) is 13.3 Å². The molecule has 2 heterocycles. The summed E-state index contributed by atoms with van der Waals surface area (Å²) in [6.07, 6.45) is 4.77. The molecule has 2 aromatic heterocycles. The first-order valence-corrected chi connectivity index (χ1v) is 7.06. The molecule has 0 atom stereocenters. The molecule has 0 aliphatic rings. The Morgan fingerprint density at radius 2 is 2.20 bits per heavy atom. The SMILES string of the molecule is CCCCNC(=O)CCc1c(C)nc2ncnn2c1C. The number of hydrogen-bond donors (Lipinski definition) is 1. The second kappa shape index (κ2) is 6.45. The van der Waals surface area contributed by atoms with Gasteiger partial charge in [-0.05, 0) is 32.3 Å². The fourth-order valence-corrected chi connectivity index (χ4v) is 2.25. The van der Waals surface area contributed by atoms with Gasteiger partial charge in [-0.2, -0.15) is 10.1 Å². The van der Waals surface area contributed by atoms with E-state index in [1.807, 2.05) is 13.8 Å². The van der Waals surface area contributed by atoms with E-state index in [2.05, 4.69) is 27.3 Å². The molecule has 1 amide bonds. The predicted molar refractivity (Wildman–Crippen MR) is 76.5 cm³/mol. The van der Waals surface area contributed by atoms with Crippen molar-refractivity contribution >= 4 is 11.7 Å². The maximum Gasteiger partial charge on any atom is 0.252 e. The molecule has 6 heteroatoms. The summed E-state index contributed by atoms with van der Waals surface area (Å²) in [4.78, 5) is 20.3. The average molecular weight is 275 g/mol. The van der Waals surface area contributed by atoms with Crippen LogP contribution in [0.3, 0.4) is 0 Å². The molecule has 0 radical (unpaired) electrons. The fourth-order valence-electron chi connectivity index (χ4n) is 2.25. The molecule has 6 nitrogen and oxygen atoms in total. The van der Waals surface area contributed by atoms with Crippen LogP contribution in [-0.4, -0.2) is 32.0 Å². The van der Waals surface area contributed by atoms with Crippen LogP contribution < -0.4 is 5.32 Å². The highest BCUT2D eigenvalue weighted by atomic mass is 16.1. The minimum atomic E-state index is 0.0935. The summed E-state index contributed by atoms with van der Waals surface area (Å²) in [5, 5.41) is 7.08. The van der Waals surface area contributed by atoms with Gasteiger partial charge in [0.05, 0.1) is 0 Å². The molecule has 0 aliphatic carbocycles. The summed E-state index contributed by atoms with van der Waals surface area (Å²) >= 11 is 0.